The first-order valence-electron chi connectivity index (χ1n) is 7.41. The van der Waals surface area contributed by atoms with Crippen molar-refractivity contribution >= 4 is 11.8 Å². The van der Waals surface area contributed by atoms with Gasteiger partial charge in [0.25, 0.3) is 0 Å². The lowest BCUT2D eigenvalue weighted by molar-refractivity contribution is -0.121. The van der Waals surface area contributed by atoms with E-state index in [0.29, 0.717) is 25.6 Å². The first-order chi connectivity index (χ1) is 9.11. The van der Waals surface area contributed by atoms with Gasteiger partial charge in [-0.15, -0.1) is 0 Å². The van der Waals surface area contributed by atoms with E-state index in [0.717, 1.165) is 32.1 Å². The van der Waals surface area contributed by atoms with Crippen molar-refractivity contribution < 1.29 is 9.59 Å². The van der Waals surface area contributed by atoms with Gasteiger partial charge in [-0.2, -0.15) is 0 Å². The zero-order valence-corrected chi connectivity index (χ0v) is 12.1. The number of nitrogens with one attached hydrogen (secondary N) is 3. The van der Waals surface area contributed by atoms with Crippen LogP contribution in [0.2, 0.25) is 0 Å². The summed E-state index contributed by atoms with van der Waals surface area (Å²) in [6.45, 7) is 5.16. The highest BCUT2D eigenvalue weighted by atomic mass is 16.2. The SMILES string of the molecule is CCCC(C)NC(=O)CNCCCC(=O)NC1CC1. The van der Waals surface area contributed by atoms with Crippen molar-refractivity contribution in [3.8, 4) is 0 Å². The average molecular weight is 269 g/mol. The Morgan fingerprint density at radius 3 is 2.63 bits per heavy atom. The lowest BCUT2D eigenvalue weighted by Crippen LogP contribution is -2.39. The molecule has 1 aliphatic carbocycles. The molecule has 0 spiro atoms. The third-order valence-corrected chi connectivity index (χ3v) is 3.11. The summed E-state index contributed by atoms with van der Waals surface area (Å²) in [5.41, 5.74) is 0. The largest absolute Gasteiger partial charge is 0.353 e. The predicted octanol–water partition coefficient (Wildman–Crippen LogP) is 0.940. The number of amides is 2. The Balaban J connectivity index is 1.91. The maximum absolute atomic E-state index is 11.5. The average Bonchev–Trinajstić information content (AvgIpc) is 3.12. The Kier molecular flexibility index (Phi) is 7.48. The lowest BCUT2D eigenvalue weighted by atomic mass is 10.2. The Hall–Kier alpha value is -1.10. The zero-order valence-electron chi connectivity index (χ0n) is 12.1. The number of hydrogen-bond acceptors (Lipinski definition) is 3. The molecule has 0 aromatic rings. The van der Waals surface area contributed by atoms with Crippen LogP contribution in [0.5, 0.6) is 0 Å². The summed E-state index contributed by atoms with van der Waals surface area (Å²) >= 11 is 0. The molecular weight excluding hydrogens is 242 g/mol. The highest BCUT2D eigenvalue weighted by molar-refractivity contribution is 5.78. The fraction of sp³-hybridized carbons (Fsp3) is 0.857. The van der Waals surface area contributed by atoms with Crippen molar-refractivity contribution in [1.82, 2.24) is 16.0 Å². The van der Waals surface area contributed by atoms with Crippen LogP contribution in [0.3, 0.4) is 0 Å². The van der Waals surface area contributed by atoms with Crippen LogP contribution in [0.1, 0.15) is 52.4 Å². The van der Waals surface area contributed by atoms with E-state index < -0.39 is 0 Å². The number of carbonyl (C=O) groups excluding carboxylic acids is 2. The van der Waals surface area contributed by atoms with Crippen molar-refractivity contribution in [1.29, 1.82) is 0 Å². The van der Waals surface area contributed by atoms with E-state index in [9.17, 15) is 9.59 Å². The van der Waals surface area contributed by atoms with Gasteiger partial charge in [0.1, 0.15) is 0 Å². The van der Waals surface area contributed by atoms with Gasteiger partial charge < -0.3 is 16.0 Å². The van der Waals surface area contributed by atoms with E-state index in [1.54, 1.807) is 0 Å². The second kappa shape index (κ2) is 8.91. The van der Waals surface area contributed by atoms with Gasteiger partial charge in [0.05, 0.1) is 6.54 Å². The summed E-state index contributed by atoms with van der Waals surface area (Å²) < 4.78 is 0. The molecule has 19 heavy (non-hydrogen) atoms. The smallest absolute Gasteiger partial charge is 0.234 e. The van der Waals surface area contributed by atoms with Crippen molar-refractivity contribution in [2.75, 3.05) is 13.1 Å². The maximum Gasteiger partial charge on any atom is 0.234 e. The summed E-state index contributed by atoms with van der Waals surface area (Å²) in [6.07, 6.45) is 5.64. The van der Waals surface area contributed by atoms with Gasteiger partial charge in [0, 0.05) is 18.5 Å². The fourth-order valence-corrected chi connectivity index (χ4v) is 1.93. The van der Waals surface area contributed by atoms with E-state index in [1.807, 2.05) is 6.92 Å². The highest BCUT2D eigenvalue weighted by Gasteiger charge is 2.22. The van der Waals surface area contributed by atoms with Crippen LogP contribution in [0.25, 0.3) is 0 Å². The Morgan fingerprint density at radius 1 is 1.26 bits per heavy atom. The van der Waals surface area contributed by atoms with Crippen molar-refractivity contribution in [3.05, 3.63) is 0 Å². The van der Waals surface area contributed by atoms with Crippen molar-refractivity contribution in [3.63, 3.8) is 0 Å². The molecule has 1 rings (SSSR count). The molecule has 1 fully saturated rings. The highest BCUT2D eigenvalue weighted by Crippen LogP contribution is 2.18. The van der Waals surface area contributed by atoms with Crippen LogP contribution in [0, 0.1) is 0 Å². The molecule has 0 aromatic carbocycles. The second-order valence-corrected chi connectivity index (χ2v) is 5.38. The third-order valence-electron chi connectivity index (χ3n) is 3.11. The summed E-state index contributed by atoms with van der Waals surface area (Å²) in [5, 5.41) is 8.95. The van der Waals surface area contributed by atoms with Gasteiger partial charge in [-0.3, -0.25) is 9.59 Å². The Bertz CT molecular complexity index is 290. The molecule has 0 saturated heterocycles. The molecule has 5 heteroatoms. The third kappa shape index (κ3) is 8.59. The summed E-state index contributed by atoms with van der Waals surface area (Å²) in [5.74, 6) is 0.161. The van der Waals surface area contributed by atoms with Gasteiger partial charge in [-0.05, 0) is 39.2 Å². The number of hydrogen-bond donors (Lipinski definition) is 3. The zero-order chi connectivity index (χ0) is 14.1. The molecule has 0 aromatic heterocycles. The van der Waals surface area contributed by atoms with Gasteiger partial charge in [0.15, 0.2) is 0 Å². The molecule has 1 unspecified atom stereocenters. The van der Waals surface area contributed by atoms with Gasteiger partial charge in [-0.25, -0.2) is 0 Å². The summed E-state index contributed by atoms with van der Waals surface area (Å²) in [4.78, 5) is 22.9. The van der Waals surface area contributed by atoms with Gasteiger partial charge >= 0.3 is 0 Å². The summed E-state index contributed by atoms with van der Waals surface area (Å²) in [6, 6.07) is 0.676. The molecule has 1 atom stereocenters. The first kappa shape index (κ1) is 16.0. The van der Waals surface area contributed by atoms with E-state index in [1.165, 1.54) is 0 Å². The molecule has 0 heterocycles. The minimum Gasteiger partial charge on any atom is -0.353 e. The molecule has 1 aliphatic rings. The quantitative estimate of drug-likeness (QED) is 0.517. The molecule has 2 amide bonds. The second-order valence-electron chi connectivity index (χ2n) is 5.38. The minimum absolute atomic E-state index is 0.0309. The molecule has 3 N–H and O–H groups in total. The maximum atomic E-state index is 11.5. The Morgan fingerprint density at radius 2 is 2.00 bits per heavy atom. The lowest BCUT2D eigenvalue weighted by Gasteiger charge is -2.13. The van der Waals surface area contributed by atoms with Crippen LogP contribution in [0.15, 0.2) is 0 Å². The standard InChI is InChI=1S/C14H27N3O2/c1-3-5-11(2)16-14(19)10-15-9-4-6-13(18)17-12-7-8-12/h11-12,15H,3-10H2,1-2H3,(H,16,19)(H,17,18). The molecule has 0 aliphatic heterocycles. The number of carbonyl (C=O) groups is 2. The topological polar surface area (TPSA) is 70.2 Å². The van der Waals surface area contributed by atoms with Crippen LogP contribution in [-0.2, 0) is 9.59 Å². The summed E-state index contributed by atoms with van der Waals surface area (Å²) in [7, 11) is 0. The normalized spacial score (nSPS) is 15.9. The molecule has 1 saturated carbocycles. The van der Waals surface area contributed by atoms with E-state index >= 15 is 0 Å². The Labute approximate surface area is 115 Å². The number of rotatable bonds is 10. The monoisotopic (exact) mass is 269 g/mol. The van der Waals surface area contributed by atoms with Crippen molar-refractivity contribution in [2.24, 2.45) is 0 Å². The van der Waals surface area contributed by atoms with Crippen LogP contribution in [-0.4, -0.2) is 37.0 Å². The molecule has 110 valence electrons. The molecular formula is C14H27N3O2. The van der Waals surface area contributed by atoms with Crippen LogP contribution < -0.4 is 16.0 Å². The van der Waals surface area contributed by atoms with E-state index in [4.69, 9.17) is 0 Å². The van der Waals surface area contributed by atoms with Gasteiger partial charge in [0.2, 0.25) is 11.8 Å². The van der Waals surface area contributed by atoms with Crippen molar-refractivity contribution in [2.45, 2.75) is 64.5 Å². The van der Waals surface area contributed by atoms with E-state index in [2.05, 4.69) is 22.9 Å². The molecule has 0 radical (unpaired) electrons. The van der Waals surface area contributed by atoms with E-state index in [-0.39, 0.29) is 17.9 Å². The van der Waals surface area contributed by atoms with Gasteiger partial charge in [-0.1, -0.05) is 13.3 Å². The predicted molar refractivity (Wildman–Crippen MR) is 75.8 cm³/mol. The minimum atomic E-state index is 0.0309. The first-order valence-corrected chi connectivity index (χ1v) is 7.41. The van der Waals surface area contributed by atoms with Crippen LogP contribution >= 0.6 is 0 Å². The van der Waals surface area contributed by atoms with Crippen LogP contribution in [0.4, 0.5) is 0 Å². The molecule has 5 nitrogen and oxygen atoms in total. The molecule has 0 bridgehead atoms. The fourth-order valence-electron chi connectivity index (χ4n) is 1.93.